The number of esters is 1. The Morgan fingerprint density at radius 2 is 1.70 bits per heavy atom. The molecule has 2 aromatic carbocycles. The minimum Gasteiger partial charge on any atom is -0.459 e. The van der Waals surface area contributed by atoms with Crippen molar-refractivity contribution in [2.75, 3.05) is 13.2 Å². The molecule has 2 aromatic rings. The molecule has 30 heavy (non-hydrogen) atoms. The van der Waals surface area contributed by atoms with Crippen LogP contribution < -0.4 is 0 Å². The molecule has 6 nitrogen and oxygen atoms in total. The molecule has 0 spiro atoms. The van der Waals surface area contributed by atoms with E-state index >= 15 is 0 Å². The van der Waals surface area contributed by atoms with E-state index in [0.29, 0.717) is 18.8 Å². The third-order valence-electron chi connectivity index (χ3n) is 5.39. The summed E-state index contributed by atoms with van der Waals surface area (Å²) in [5.41, 5.74) is 1.65. The van der Waals surface area contributed by atoms with Gasteiger partial charge in [-0.25, -0.2) is 4.79 Å². The SMILES string of the molecule is CC1(C)OC2C(CCOCc3ccccc3)[C@@H](COC(=O)c3ccccc3)O[C@@H]2O1. The van der Waals surface area contributed by atoms with Gasteiger partial charge in [0.15, 0.2) is 12.1 Å². The number of fused-ring (bicyclic) bond motifs is 1. The first-order valence-corrected chi connectivity index (χ1v) is 10.4. The van der Waals surface area contributed by atoms with Crippen molar-refractivity contribution < 1.29 is 28.5 Å². The van der Waals surface area contributed by atoms with Crippen LogP contribution >= 0.6 is 0 Å². The molecule has 2 heterocycles. The van der Waals surface area contributed by atoms with E-state index in [1.54, 1.807) is 12.1 Å². The Labute approximate surface area is 177 Å². The summed E-state index contributed by atoms with van der Waals surface area (Å²) in [5.74, 6) is -1.04. The van der Waals surface area contributed by atoms with Crippen molar-refractivity contribution in [3.05, 3.63) is 71.8 Å². The lowest BCUT2D eigenvalue weighted by Crippen LogP contribution is -2.33. The molecule has 0 N–H and O–H groups in total. The van der Waals surface area contributed by atoms with E-state index in [2.05, 4.69) is 0 Å². The average molecular weight is 412 g/mol. The summed E-state index contributed by atoms with van der Waals surface area (Å²) in [6, 6.07) is 19.0. The lowest BCUT2D eigenvalue weighted by molar-refractivity contribution is -0.214. The van der Waals surface area contributed by atoms with E-state index in [0.717, 1.165) is 12.0 Å². The van der Waals surface area contributed by atoms with Crippen LogP contribution in [0.5, 0.6) is 0 Å². The van der Waals surface area contributed by atoms with Crippen LogP contribution in [-0.4, -0.2) is 43.5 Å². The zero-order valence-electron chi connectivity index (χ0n) is 17.4. The highest BCUT2D eigenvalue weighted by atomic mass is 16.8. The molecule has 0 aromatic heterocycles. The van der Waals surface area contributed by atoms with E-state index in [9.17, 15) is 4.79 Å². The lowest BCUT2D eigenvalue weighted by atomic mass is 9.95. The summed E-state index contributed by atoms with van der Waals surface area (Å²) in [6.45, 7) is 5.01. The number of carbonyl (C=O) groups is 1. The summed E-state index contributed by atoms with van der Waals surface area (Å²) in [4.78, 5) is 12.3. The number of ether oxygens (including phenoxy) is 5. The lowest BCUT2D eigenvalue weighted by Gasteiger charge is -2.25. The smallest absolute Gasteiger partial charge is 0.338 e. The molecular weight excluding hydrogens is 384 g/mol. The van der Waals surface area contributed by atoms with Gasteiger partial charge in [0, 0.05) is 12.5 Å². The number of hydrogen-bond donors (Lipinski definition) is 0. The second-order valence-electron chi connectivity index (χ2n) is 8.10. The summed E-state index contributed by atoms with van der Waals surface area (Å²) in [7, 11) is 0. The van der Waals surface area contributed by atoms with Crippen molar-refractivity contribution in [3.8, 4) is 0 Å². The predicted octanol–water partition coefficient (Wildman–Crippen LogP) is 3.94. The fraction of sp³-hybridized carbons (Fsp3) is 0.458. The van der Waals surface area contributed by atoms with Crippen molar-refractivity contribution in [1.29, 1.82) is 0 Å². The molecule has 2 fully saturated rings. The summed E-state index contributed by atoms with van der Waals surface area (Å²) in [6.07, 6.45) is -0.245. The molecule has 0 radical (unpaired) electrons. The molecule has 4 atom stereocenters. The van der Waals surface area contributed by atoms with Gasteiger partial charge in [-0.1, -0.05) is 48.5 Å². The van der Waals surface area contributed by atoms with Gasteiger partial charge >= 0.3 is 5.97 Å². The van der Waals surface area contributed by atoms with Crippen molar-refractivity contribution >= 4 is 5.97 Å². The standard InChI is InChI=1S/C24H28O6/c1-24(2)29-21-19(13-14-26-15-17-9-5-3-6-10-17)20(28-23(21)30-24)16-27-22(25)18-11-7-4-8-12-18/h3-12,19-21,23H,13-16H2,1-2H3/t19?,20-,21?,23-/m1/s1. The van der Waals surface area contributed by atoms with Gasteiger partial charge in [-0.15, -0.1) is 0 Å². The van der Waals surface area contributed by atoms with Gasteiger partial charge in [0.1, 0.15) is 18.8 Å². The van der Waals surface area contributed by atoms with Gasteiger partial charge in [0.25, 0.3) is 0 Å². The minimum atomic E-state index is -0.690. The molecule has 0 aliphatic carbocycles. The Kier molecular flexibility index (Phi) is 6.49. The maximum absolute atomic E-state index is 12.3. The second kappa shape index (κ2) is 9.27. The topological polar surface area (TPSA) is 63.2 Å². The molecular formula is C24H28O6. The number of benzene rings is 2. The maximum atomic E-state index is 12.3. The van der Waals surface area contributed by atoms with Gasteiger partial charge in [0.2, 0.25) is 0 Å². The number of hydrogen-bond acceptors (Lipinski definition) is 6. The van der Waals surface area contributed by atoms with Crippen LogP contribution in [0.15, 0.2) is 60.7 Å². The van der Waals surface area contributed by atoms with E-state index in [1.165, 1.54) is 0 Å². The number of rotatable bonds is 8. The van der Waals surface area contributed by atoms with Crippen LogP contribution in [0.3, 0.4) is 0 Å². The molecule has 4 rings (SSSR count). The molecule has 2 saturated heterocycles. The first kappa shape index (κ1) is 21.0. The van der Waals surface area contributed by atoms with E-state index in [4.69, 9.17) is 23.7 Å². The minimum absolute atomic E-state index is 0.0103. The summed E-state index contributed by atoms with van der Waals surface area (Å²) < 4.78 is 29.4. The zero-order chi connectivity index (χ0) is 21.0. The van der Waals surface area contributed by atoms with Crippen molar-refractivity contribution in [2.24, 2.45) is 5.92 Å². The van der Waals surface area contributed by atoms with Crippen LogP contribution in [0.25, 0.3) is 0 Å². The summed E-state index contributed by atoms with van der Waals surface area (Å²) in [5, 5.41) is 0. The van der Waals surface area contributed by atoms with Crippen LogP contribution in [-0.2, 0) is 30.3 Å². The molecule has 0 bridgehead atoms. The Bertz CT molecular complexity index is 822. The Balaban J connectivity index is 1.33. The Morgan fingerprint density at radius 3 is 2.43 bits per heavy atom. The Morgan fingerprint density at radius 1 is 1.00 bits per heavy atom. The molecule has 0 saturated carbocycles. The predicted molar refractivity (Wildman–Crippen MR) is 110 cm³/mol. The second-order valence-corrected chi connectivity index (χ2v) is 8.10. The zero-order valence-corrected chi connectivity index (χ0v) is 17.4. The van der Waals surface area contributed by atoms with Gasteiger partial charge in [0.05, 0.1) is 12.2 Å². The first-order chi connectivity index (χ1) is 14.5. The van der Waals surface area contributed by atoms with Crippen LogP contribution in [0.2, 0.25) is 0 Å². The van der Waals surface area contributed by atoms with Gasteiger partial charge < -0.3 is 23.7 Å². The highest BCUT2D eigenvalue weighted by molar-refractivity contribution is 5.89. The quantitative estimate of drug-likeness (QED) is 0.483. The monoisotopic (exact) mass is 412 g/mol. The van der Waals surface area contributed by atoms with E-state index < -0.39 is 12.1 Å². The van der Waals surface area contributed by atoms with Crippen molar-refractivity contribution in [3.63, 3.8) is 0 Å². The van der Waals surface area contributed by atoms with Crippen molar-refractivity contribution in [2.45, 2.75) is 51.2 Å². The fourth-order valence-electron chi connectivity index (χ4n) is 3.95. The largest absolute Gasteiger partial charge is 0.459 e. The van der Waals surface area contributed by atoms with E-state index in [1.807, 2.05) is 62.4 Å². The average Bonchev–Trinajstić information content (AvgIpc) is 3.22. The molecule has 160 valence electrons. The molecule has 2 unspecified atom stereocenters. The molecule has 2 aliphatic heterocycles. The first-order valence-electron chi connectivity index (χ1n) is 10.4. The van der Waals surface area contributed by atoms with Gasteiger partial charge in [-0.3, -0.25) is 0 Å². The summed E-state index contributed by atoms with van der Waals surface area (Å²) >= 11 is 0. The highest BCUT2D eigenvalue weighted by Gasteiger charge is 2.54. The molecule has 2 aliphatic rings. The highest BCUT2D eigenvalue weighted by Crippen LogP contribution is 2.42. The van der Waals surface area contributed by atoms with Crippen LogP contribution in [0, 0.1) is 5.92 Å². The molecule has 6 heteroatoms. The van der Waals surface area contributed by atoms with Crippen molar-refractivity contribution in [1.82, 2.24) is 0 Å². The fourth-order valence-corrected chi connectivity index (χ4v) is 3.95. The number of carbonyl (C=O) groups excluding carboxylic acids is 1. The van der Waals surface area contributed by atoms with Crippen LogP contribution in [0.1, 0.15) is 36.2 Å². The molecule has 0 amide bonds. The van der Waals surface area contributed by atoms with Crippen LogP contribution in [0.4, 0.5) is 0 Å². The maximum Gasteiger partial charge on any atom is 0.338 e. The van der Waals surface area contributed by atoms with Gasteiger partial charge in [-0.2, -0.15) is 0 Å². The third-order valence-corrected chi connectivity index (χ3v) is 5.39. The van der Waals surface area contributed by atoms with E-state index in [-0.39, 0.29) is 30.7 Å². The Hall–Kier alpha value is -2.25. The normalized spacial score (nSPS) is 27.0. The van der Waals surface area contributed by atoms with Gasteiger partial charge in [-0.05, 0) is 38.0 Å². The third kappa shape index (κ3) is 5.08.